The van der Waals surface area contributed by atoms with Crippen LogP contribution in [0.1, 0.15) is 44.2 Å². The highest BCUT2D eigenvalue weighted by Gasteiger charge is 2.33. The predicted octanol–water partition coefficient (Wildman–Crippen LogP) is 3.84. The maximum absolute atomic E-state index is 12.7. The lowest BCUT2D eigenvalue weighted by Gasteiger charge is -2.32. The quantitative estimate of drug-likeness (QED) is 0.784. The van der Waals surface area contributed by atoms with Crippen LogP contribution in [0.15, 0.2) is 24.3 Å². The molecule has 23 heavy (non-hydrogen) atoms. The molecule has 5 heteroatoms. The number of halogens is 1. The highest BCUT2D eigenvalue weighted by atomic mass is 35.5. The summed E-state index contributed by atoms with van der Waals surface area (Å²) in [5, 5.41) is 0.675. The van der Waals surface area contributed by atoms with Crippen LogP contribution in [-0.2, 0) is 14.3 Å². The van der Waals surface area contributed by atoms with E-state index in [1.807, 2.05) is 38.2 Å². The fourth-order valence-electron chi connectivity index (χ4n) is 3.24. The van der Waals surface area contributed by atoms with Crippen molar-refractivity contribution in [1.29, 1.82) is 0 Å². The summed E-state index contributed by atoms with van der Waals surface area (Å²) in [6.07, 6.45) is 2.91. The van der Waals surface area contributed by atoms with E-state index in [1.165, 1.54) is 7.11 Å². The van der Waals surface area contributed by atoms with E-state index in [-0.39, 0.29) is 29.8 Å². The molecular formula is C18H24ClNO3. The first-order valence-corrected chi connectivity index (χ1v) is 8.42. The van der Waals surface area contributed by atoms with Gasteiger partial charge in [-0.15, -0.1) is 0 Å². The minimum atomic E-state index is -0.159. The van der Waals surface area contributed by atoms with Gasteiger partial charge in [0.2, 0.25) is 5.91 Å². The zero-order valence-electron chi connectivity index (χ0n) is 13.9. The molecule has 1 aromatic carbocycles. The highest BCUT2D eigenvalue weighted by molar-refractivity contribution is 6.31. The number of amides is 1. The van der Waals surface area contributed by atoms with Gasteiger partial charge in [-0.05, 0) is 44.2 Å². The third-order valence-electron chi connectivity index (χ3n) is 4.89. The van der Waals surface area contributed by atoms with Crippen LogP contribution in [0.5, 0.6) is 0 Å². The summed E-state index contributed by atoms with van der Waals surface area (Å²) < 4.78 is 4.79. The molecule has 0 radical (unpaired) electrons. The summed E-state index contributed by atoms with van der Waals surface area (Å²) in [5.41, 5.74) is 0.952. The normalized spacial score (nSPS) is 22.3. The molecule has 0 heterocycles. The van der Waals surface area contributed by atoms with E-state index in [0.717, 1.165) is 31.2 Å². The van der Waals surface area contributed by atoms with Crippen molar-refractivity contribution in [3.8, 4) is 0 Å². The van der Waals surface area contributed by atoms with Gasteiger partial charge in [-0.1, -0.05) is 29.8 Å². The average Bonchev–Trinajstić information content (AvgIpc) is 2.59. The van der Waals surface area contributed by atoms with E-state index in [1.54, 1.807) is 4.90 Å². The van der Waals surface area contributed by atoms with E-state index >= 15 is 0 Å². The molecular weight excluding hydrogens is 314 g/mol. The molecule has 1 fully saturated rings. The van der Waals surface area contributed by atoms with Gasteiger partial charge in [0.05, 0.1) is 19.1 Å². The van der Waals surface area contributed by atoms with Gasteiger partial charge in [-0.2, -0.15) is 0 Å². The first-order valence-electron chi connectivity index (χ1n) is 8.04. The van der Waals surface area contributed by atoms with Crippen LogP contribution in [0, 0.1) is 11.8 Å². The molecule has 4 nitrogen and oxygen atoms in total. The lowest BCUT2D eigenvalue weighted by atomic mass is 9.81. The molecule has 0 aliphatic heterocycles. The van der Waals surface area contributed by atoms with Crippen molar-refractivity contribution in [3.05, 3.63) is 34.9 Å². The number of hydrogen-bond acceptors (Lipinski definition) is 3. The standard InChI is InChI=1S/C18H24ClNO3/c1-12(15-6-4-5-7-16(15)19)20(2)17(21)13-8-10-14(11-9-13)18(22)23-3/h4-7,12-14H,8-11H2,1-3H3/t12-,13?,14?/m1/s1. The molecule has 0 saturated heterocycles. The Kier molecular flexibility index (Phi) is 6.05. The van der Waals surface area contributed by atoms with Gasteiger partial charge >= 0.3 is 5.97 Å². The molecule has 0 spiro atoms. The third-order valence-corrected chi connectivity index (χ3v) is 5.24. The Morgan fingerprint density at radius 1 is 1.17 bits per heavy atom. The lowest BCUT2D eigenvalue weighted by Crippen LogP contribution is -2.37. The number of esters is 1. The van der Waals surface area contributed by atoms with Crippen molar-refractivity contribution in [1.82, 2.24) is 4.90 Å². The number of carbonyl (C=O) groups is 2. The van der Waals surface area contributed by atoms with Crippen LogP contribution in [-0.4, -0.2) is 30.9 Å². The second-order valence-electron chi connectivity index (χ2n) is 6.22. The van der Waals surface area contributed by atoms with Crippen molar-refractivity contribution in [3.63, 3.8) is 0 Å². The molecule has 1 amide bonds. The molecule has 126 valence electrons. The van der Waals surface area contributed by atoms with Gasteiger partial charge < -0.3 is 9.64 Å². The maximum Gasteiger partial charge on any atom is 0.308 e. The largest absolute Gasteiger partial charge is 0.469 e. The topological polar surface area (TPSA) is 46.6 Å². The monoisotopic (exact) mass is 337 g/mol. The Labute approximate surface area is 142 Å². The minimum Gasteiger partial charge on any atom is -0.469 e. The molecule has 0 bridgehead atoms. The van der Waals surface area contributed by atoms with Crippen LogP contribution in [0.25, 0.3) is 0 Å². The van der Waals surface area contributed by atoms with E-state index in [2.05, 4.69) is 0 Å². The highest BCUT2D eigenvalue weighted by Crippen LogP contribution is 2.33. The Balaban J connectivity index is 1.98. The van der Waals surface area contributed by atoms with Crippen molar-refractivity contribution in [2.75, 3.05) is 14.2 Å². The molecule has 2 rings (SSSR count). The van der Waals surface area contributed by atoms with Gasteiger partial charge in [0.25, 0.3) is 0 Å². The number of benzene rings is 1. The van der Waals surface area contributed by atoms with Gasteiger partial charge in [0.1, 0.15) is 0 Å². The van der Waals surface area contributed by atoms with Gasteiger partial charge in [-0.3, -0.25) is 9.59 Å². The fourth-order valence-corrected chi connectivity index (χ4v) is 3.54. The Bertz CT molecular complexity index is 567. The van der Waals surface area contributed by atoms with Crippen molar-refractivity contribution in [2.45, 2.75) is 38.6 Å². The molecule has 1 atom stereocenters. The first kappa shape index (κ1) is 17.8. The molecule has 0 unspecified atom stereocenters. The van der Waals surface area contributed by atoms with Gasteiger partial charge in [0, 0.05) is 18.0 Å². The van der Waals surface area contributed by atoms with Crippen molar-refractivity contribution < 1.29 is 14.3 Å². The summed E-state index contributed by atoms with van der Waals surface area (Å²) >= 11 is 6.23. The second-order valence-corrected chi connectivity index (χ2v) is 6.63. The smallest absolute Gasteiger partial charge is 0.308 e. The summed E-state index contributed by atoms with van der Waals surface area (Å²) in [6.45, 7) is 1.99. The first-order chi connectivity index (χ1) is 11.0. The molecule has 1 aliphatic rings. The number of methoxy groups -OCH3 is 1. The van der Waals surface area contributed by atoms with E-state index in [4.69, 9.17) is 16.3 Å². The lowest BCUT2D eigenvalue weighted by molar-refractivity contribution is -0.148. The number of rotatable bonds is 4. The van der Waals surface area contributed by atoms with Crippen LogP contribution < -0.4 is 0 Å². The van der Waals surface area contributed by atoms with E-state index < -0.39 is 0 Å². The van der Waals surface area contributed by atoms with Crippen molar-refractivity contribution in [2.24, 2.45) is 11.8 Å². The molecule has 0 aromatic heterocycles. The Morgan fingerprint density at radius 2 is 1.74 bits per heavy atom. The summed E-state index contributed by atoms with van der Waals surface area (Å²) in [4.78, 5) is 26.1. The maximum atomic E-state index is 12.7. The minimum absolute atomic E-state index is 0.0224. The second kappa shape index (κ2) is 7.82. The number of ether oxygens (including phenoxy) is 1. The van der Waals surface area contributed by atoms with Crippen molar-refractivity contribution >= 4 is 23.5 Å². The molecule has 1 saturated carbocycles. The summed E-state index contributed by atoms with van der Waals surface area (Å²) in [5.74, 6) is -0.115. The van der Waals surface area contributed by atoms with E-state index in [0.29, 0.717) is 5.02 Å². The fraction of sp³-hybridized carbons (Fsp3) is 0.556. The van der Waals surface area contributed by atoms with Crippen LogP contribution >= 0.6 is 11.6 Å². The number of carbonyl (C=O) groups excluding carboxylic acids is 2. The number of nitrogens with zero attached hydrogens (tertiary/aromatic N) is 1. The third kappa shape index (κ3) is 4.05. The molecule has 0 N–H and O–H groups in total. The van der Waals surface area contributed by atoms with Crippen LogP contribution in [0.4, 0.5) is 0 Å². The van der Waals surface area contributed by atoms with Crippen LogP contribution in [0.2, 0.25) is 5.02 Å². The molecule has 1 aliphatic carbocycles. The Morgan fingerprint density at radius 3 is 2.30 bits per heavy atom. The molecule has 1 aromatic rings. The zero-order chi connectivity index (χ0) is 17.0. The predicted molar refractivity (Wildman–Crippen MR) is 90.1 cm³/mol. The van der Waals surface area contributed by atoms with E-state index in [9.17, 15) is 9.59 Å². The number of hydrogen-bond donors (Lipinski definition) is 0. The average molecular weight is 338 g/mol. The Hall–Kier alpha value is -1.55. The SMILES string of the molecule is COC(=O)C1CCC(C(=O)N(C)[C@H](C)c2ccccc2Cl)CC1. The summed E-state index contributed by atoms with van der Waals surface area (Å²) in [6, 6.07) is 7.53. The van der Waals surface area contributed by atoms with Gasteiger partial charge in [0.15, 0.2) is 0 Å². The van der Waals surface area contributed by atoms with Gasteiger partial charge in [-0.25, -0.2) is 0 Å². The summed E-state index contributed by atoms with van der Waals surface area (Å²) in [7, 11) is 3.24. The van der Waals surface area contributed by atoms with Crippen LogP contribution in [0.3, 0.4) is 0 Å². The zero-order valence-corrected chi connectivity index (χ0v) is 14.7.